The third-order valence-corrected chi connectivity index (χ3v) is 2.87. The van der Waals surface area contributed by atoms with E-state index < -0.39 is 36.4 Å². The molecule has 0 saturated carbocycles. The Morgan fingerprint density at radius 3 is 1.70 bits per heavy atom. The van der Waals surface area contributed by atoms with Crippen molar-refractivity contribution < 1.29 is 28.5 Å². The summed E-state index contributed by atoms with van der Waals surface area (Å²) in [5.74, 6) is -1.29. The maximum atomic E-state index is 11.4. The molecule has 1 fully saturated rings. The Bertz CT molecular complexity index is 483. The topological polar surface area (TPSA) is 169 Å². The number of carbonyl (C=O) groups is 2. The van der Waals surface area contributed by atoms with Crippen LogP contribution >= 0.6 is 0 Å². The number of carbonyl (C=O) groups excluding carboxylic acids is 2. The maximum absolute atomic E-state index is 11.4. The van der Waals surface area contributed by atoms with Gasteiger partial charge in [-0.25, -0.2) is 0 Å². The van der Waals surface area contributed by atoms with Gasteiger partial charge in [0.05, 0.1) is 13.1 Å². The van der Waals surface area contributed by atoms with E-state index in [4.69, 9.17) is 30.0 Å². The third kappa shape index (κ3) is 6.01. The molecule has 0 aromatic heterocycles. The summed E-state index contributed by atoms with van der Waals surface area (Å²) in [7, 11) is 0. The van der Waals surface area contributed by atoms with Crippen LogP contribution in [0.2, 0.25) is 0 Å². The Hall–Kier alpha value is -2.52. The second-order valence-electron chi connectivity index (χ2n) is 4.50. The van der Waals surface area contributed by atoms with Gasteiger partial charge >= 0.3 is 11.9 Å². The van der Waals surface area contributed by atoms with Gasteiger partial charge in [0.2, 0.25) is 0 Å². The number of hydrogen-bond donors (Lipinski definition) is 0. The van der Waals surface area contributed by atoms with Crippen molar-refractivity contribution in [2.75, 3.05) is 19.9 Å². The van der Waals surface area contributed by atoms with Crippen LogP contribution in [0.3, 0.4) is 0 Å². The smallest absolute Gasteiger partial charge is 0.303 e. The SMILES string of the molecule is CC(=O)O[C@@H]1[C@@H](OC(C)=O)[C@@H](CN=[N+]=[N-])OCO[C@H]1CN=[N+]=[N-]. The summed E-state index contributed by atoms with van der Waals surface area (Å²) < 4.78 is 21.0. The van der Waals surface area contributed by atoms with Gasteiger partial charge in [0.25, 0.3) is 0 Å². The number of nitrogens with zero attached hydrogens (tertiary/aromatic N) is 6. The normalized spacial score (nSPS) is 26.9. The first kappa shape index (κ1) is 18.5. The zero-order valence-electron chi connectivity index (χ0n) is 12.6. The van der Waals surface area contributed by atoms with E-state index in [0.717, 1.165) is 0 Å². The average Bonchev–Trinajstić information content (AvgIpc) is 2.63. The fourth-order valence-corrected chi connectivity index (χ4v) is 2.04. The lowest BCUT2D eigenvalue weighted by atomic mass is 10.0. The Balaban J connectivity index is 3.13. The lowest BCUT2D eigenvalue weighted by molar-refractivity contribution is -0.176. The minimum Gasteiger partial charge on any atom is -0.456 e. The molecule has 1 aliphatic heterocycles. The number of azide groups is 2. The van der Waals surface area contributed by atoms with Crippen molar-refractivity contribution in [1.82, 2.24) is 0 Å². The highest BCUT2D eigenvalue weighted by Crippen LogP contribution is 2.23. The molecule has 0 aliphatic carbocycles. The number of hydrogen-bond acceptors (Lipinski definition) is 8. The average molecular weight is 328 g/mol. The first-order chi connectivity index (χ1) is 11.0. The van der Waals surface area contributed by atoms with E-state index in [1.165, 1.54) is 13.8 Å². The van der Waals surface area contributed by atoms with Crippen LogP contribution in [-0.4, -0.2) is 56.2 Å². The molecule has 12 nitrogen and oxygen atoms in total. The monoisotopic (exact) mass is 328 g/mol. The van der Waals surface area contributed by atoms with Crippen molar-refractivity contribution >= 4 is 11.9 Å². The van der Waals surface area contributed by atoms with E-state index in [-0.39, 0.29) is 19.9 Å². The van der Waals surface area contributed by atoms with Crippen LogP contribution in [0.4, 0.5) is 0 Å². The van der Waals surface area contributed by atoms with Gasteiger partial charge in [0, 0.05) is 23.7 Å². The van der Waals surface area contributed by atoms with E-state index in [9.17, 15) is 9.59 Å². The van der Waals surface area contributed by atoms with Crippen LogP contribution in [0.25, 0.3) is 20.9 Å². The summed E-state index contributed by atoms with van der Waals surface area (Å²) in [6, 6.07) is 0. The minimum atomic E-state index is -1.08. The molecule has 1 saturated heterocycles. The Morgan fingerprint density at radius 1 is 1.00 bits per heavy atom. The predicted octanol–water partition coefficient (Wildman–Crippen LogP) is 1.21. The number of esters is 2. The summed E-state index contributed by atoms with van der Waals surface area (Å²) >= 11 is 0. The number of ether oxygens (including phenoxy) is 4. The van der Waals surface area contributed by atoms with Crippen LogP contribution < -0.4 is 0 Å². The Kier molecular flexibility index (Phi) is 7.64. The zero-order valence-corrected chi connectivity index (χ0v) is 12.6. The first-order valence-corrected chi connectivity index (χ1v) is 6.59. The molecule has 1 rings (SSSR count). The highest BCUT2D eigenvalue weighted by atomic mass is 16.7. The molecule has 4 atom stereocenters. The molecule has 0 radical (unpaired) electrons. The maximum Gasteiger partial charge on any atom is 0.303 e. The molecule has 126 valence electrons. The molecule has 12 heteroatoms. The zero-order chi connectivity index (χ0) is 17.2. The molecule has 0 bridgehead atoms. The summed E-state index contributed by atoms with van der Waals surface area (Å²) in [5, 5.41) is 6.76. The molecular formula is C11H16N6O6. The van der Waals surface area contributed by atoms with Crippen LogP contribution in [0.15, 0.2) is 10.2 Å². The van der Waals surface area contributed by atoms with Crippen molar-refractivity contribution in [3.63, 3.8) is 0 Å². The molecule has 0 N–H and O–H groups in total. The minimum absolute atomic E-state index is 0.163. The van der Waals surface area contributed by atoms with Crippen molar-refractivity contribution in [2.45, 2.75) is 38.3 Å². The predicted molar refractivity (Wildman–Crippen MR) is 73.7 cm³/mol. The highest BCUT2D eigenvalue weighted by molar-refractivity contribution is 5.67. The second-order valence-corrected chi connectivity index (χ2v) is 4.50. The molecule has 0 amide bonds. The van der Waals surface area contributed by atoms with Crippen molar-refractivity contribution in [1.29, 1.82) is 0 Å². The molecule has 1 aliphatic rings. The van der Waals surface area contributed by atoms with E-state index in [0.29, 0.717) is 0 Å². The molecule has 0 spiro atoms. The van der Waals surface area contributed by atoms with Crippen molar-refractivity contribution in [3.8, 4) is 0 Å². The highest BCUT2D eigenvalue weighted by Gasteiger charge is 2.43. The standard InChI is InChI=1S/C11H16N6O6/c1-6(18)22-10-8(3-14-16-12)20-5-21-9(4-15-17-13)11(10)23-7(2)19/h8-11H,3-5H2,1-2H3/t8-,9+,10-,11-/m0/s1. The van der Waals surface area contributed by atoms with E-state index in [2.05, 4.69) is 20.1 Å². The lowest BCUT2D eigenvalue weighted by Crippen LogP contribution is -2.50. The molecule has 0 aromatic rings. The second kappa shape index (κ2) is 9.49. The van der Waals surface area contributed by atoms with E-state index in [1.54, 1.807) is 0 Å². The van der Waals surface area contributed by atoms with Gasteiger partial charge in [-0.15, -0.1) is 0 Å². The Morgan fingerprint density at radius 2 is 1.39 bits per heavy atom. The molecule has 23 heavy (non-hydrogen) atoms. The third-order valence-electron chi connectivity index (χ3n) is 2.87. The van der Waals surface area contributed by atoms with Gasteiger partial charge in [0.15, 0.2) is 12.2 Å². The fraction of sp³-hybridized carbons (Fsp3) is 0.818. The number of rotatable bonds is 6. The van der Waals surface area contributed by atoms with Gasteiger partial charge < -0.3 is 18.9 Å². The Labute approximate surface area is 130 Å². The lowest BCUT2D eigenvalue weighted by Gasteiger charge is -2.31. The molecule has 1 heterocycles. The van der Waals surface area contributed by atoms with E-state index in [1.807, 2.05) is 0 Å². The summed E-state index contributed by atoms with van der Waals surface area (Å²) in [5.41, 5.74) is 16.9. The summed E-state index contributed by atoms with van der Waals surface area (Å²) in [6.07, 6.45) is -3.92. The van der Waals surface area contributed by atoms with Crippen LogP contribution in [0.1, 0.15) is 13.8 Å². The van der Waals surface area contributed by atoms with Crippen LogP contribution in [0.5, 0.6) is 0 Å². The molecule has 0 aromatic carbocycles. The largest absolute Gasteiger partial charge is 0.456 e. The van der Waals surface area contributed by atoms with Gasteiger partial charge in [0.1, 0.15) is 19.0 Å². The van der Waals surface area contributed by atoms with Crippen molar-refractivity contribution in [2.24, 2.45) is 10.2 Å². The van der Waals surface area contributed by atoms with Gasteiger partial charge in [-0.3, -0.25) is 9.59 Å². The molecule has 0 unspecified atom stereocenters. The first-order valence-electron chi connectivity index (χ1n) is 6.59. The van der Waals surface area contributed by atoms with Crippen LogP contribution in [0, 0.1) is 0 Å². The molecular weight excluding hydrogens is 312 g/mol. The summed E-state index contributed by atoms with van der Waals surface area (Å²) in [6.45, 7) is 1.77. The van der Waals surface area contributed by atoms with E-state index >= 15 is 0 Å². The van der Waals surface area contributed by atoms with Gasteiger partial charge in [-0.05, 0) is 11.1 Å². The van der Waals surface area contributed by atoms with Gasteiger partial charge in [-0.2, -0.15) is 0 Å². The van der Waals surface area contributed by atoms with Gasteiger partial charge in [-0.1, -0.05) is 10.2 Å². The van der Waals surface area contributed by atoms with Crippen molar-refractivity contribution in [3.05, 3.63) is 20.9 Å². The fourth-order valence-electron chi connectivity index (χ4n) is 2.04. The quantitative estimate of drug-likeness (QED) is 0.307. The summed E-state index contributed by atoms with van der Waals surface area (Å²) in [4.78, 5) is 27.9. The van der Waals surface area contributed by atoms with Crippen LogP contribution in [-0.2, 0) is 28.5 Å².